The van der Waals surface area contributed by atoms with Crippen LogP contribution in [0.5, 0.6) is 6.01 Å². The van der Waals surface area contributed by atoms with Crippen molar-refractivity contribution in [1.29, 1.82) is 0 Å². The van der Waals surface area contributed by atoms with E-state index in [-0.39, 0.29) is 18.7 Å². The highest BCUT2D eigenvalue weighted by Crippen LogP contribution is 2.21. The van der Waals surface area contributed by atoms with E-state index in [4.69, 9.17) is 15.9 Å². The molecule has 1 aromatic rings. The van der Waals surface area contributed by atoms with Gasteiger partial charge in [0.25, 0.3) is 0 Å². The Hall–Kier alpha value is -2.14. The number of terminal acetylenes is 1. The normalized spacial score (nSPS) is 17.6. The van der Waals surface area contributed by atoms with Gasteiger partial charge in [0.2, 0.25) is 0 Å². The highest BCUT2D eigenvalue weighted by Gasteiger charge is 2.33. The molecule has 0 amide bonds. The molecule has 0 radical (unpaired) electrons. The van der Waals surface area contributed by atoms with E-state index in [9.17, 15) is 10.1 Å². The lowest BCUT2D eigenvalue weighted by atomic mass is 10.4. The van der Waals surface area contributed by atoms with Crippen molar-refractivity contribution in [2.75, 3.05) is 13.2 Å². The first-order valence-corrected chi connectivity index (χ1v) is 4.48. The molecule has 0 fully saturated rings. The van der Waals surface area contributed by atoms with Crippen molar-refractivity contribution in [2.45, 2.75) is 12.6 Å². The van der Waals surface area contributed by atoms with Gasteiger partial charge in [-0.15, -0.1) is 11.1 Å². The second-order valence-corrected chi connectivity index (χ2v) is 3.09. The van der Waals surface area contributed by atoms with E-state index in [1.807, 2.05) is 0 Å². The summed E-state index contributed by atoms with van der Waals surface area (Å²) in [5.41, 5.74) is 0. The highest BCUT2D eigenvalue weighted by atomic mass is 16.6. The van der Waals surface area contributed by atoms with Crippen LogP contribution in [0.15, 0.2) is 0 Å². The van der Waals surface area contributed by atoms with Crippen LogP contribution >= 0.6 is 0 Å². The number of rotatable bonds is 4. The Balaban J connectivity index is 1.93. The van der Waals surface area contributed by atoms with Gasteiger partial charge in [-0.2, -0.15) is 0 Å². The molecule has 8 heteroatoms. The number of nitrogens with zero attached hydrogens (tertiary/aromatic N) is 4. The smallest absolute Gasteiger partial charge is 0.443 e. The molecule has 2 rings (SSSR count). The van der Waals surface area contributed by atoms with E-state index >= 15 is 0 Å². The predicted octanol–water partition coefficient (Wildman–Crippen LogP) is -0.403. The third-order valence-corrected chi connectivity index (χ3v) is 1.93. The second-order valence-electron chi connectivity index (χ2n) is 3.09. The van der Waals surface area contributed by atoms with Crippen LogP contribution in [-0.2, 0) is 11.3 Å². The second kappa shape index (κ2) is 4.16. The molecule has 0 saturated carbocycles. The fourth-order valence-electron chi connectivity index (χ4n) is 1.32. The van der Waals surface area contributed by atoms with Crippen molar-refractivity contribution < 1.29 is 14.4 Å². The number of nitro groups is 1. The van der Waals surface area contributed by atoms with E-state index in [2.05, 4.69) is 16.0 Å². The van der Waals surface area contributed by atoms with Gasteiger partial charge < -0.3 is 19.6 Å². The summed E-state index contributed by atoms with van der Waals surface area (Å²) in [6.07, 6.45) is 4.76. The largest absolute Gasteiger partial charge is 0.494 e. The Morgan fingerprint density at radius 3 is 3.25 bits per heavy atom. The van der Waals surface area contributed by atoms with Crippen LogP contribution in [0.2, 0.25) is 0 Å². The Morgan fingerprint density at radius 2 is 2.62 bits per heavy atom. The van der Waals surface area contributed by atoms with Gasteiger partial charge in [-0.1, -0.05) is 5.92 Å². The minimum atomic E-state index is -0.668. The third-order valence-electron chi connectivity index (χ3n) is 1.93. The summed E-state index contributed by atoms with van der Waals surface area (Å²) in [5, 5.41) is 14.0. The lowest BCUT2D eigenvalue weighted by molar-refractivity contribution is -0.394. The molecule has 1 aliphatic rings. The molecule has 0 spiro atoms. The van der Waals surface area contributed by atoms with Crippen molar-refractivity contribution in [3.05, 3.63) is 10.1 Å². The molecule has 0 aromatic carbocycles. The summed E-state index contributed by atoms with van der Waals surface area (Å²) in [6.45, 7) is 0.888. The van der Waals surface area contributed by atoms with Gasteiger partial charge in [0, 0.05) is 5.10 Å². The maximum Gasteiger partial charge on any atom is 0.494 e. The number of hydrogen-bond donors (Lipinski definition) is 0. The SMILES string of the molecule is C#CCOCC1Cn2nc([N+](=O)[O-])nc2O1. The van der Waals surface area contributed by atoms with Gasteiger partial charge >= 0.3 is 12.0 Å². The first-order chi connectivity index (χ1) is 7.70. The maximum atomic E-state index is 10.4. The average Bonchev–Trinajstić information content (AvgIpc) is 2.75. The minimum absolute atomic E-state index is 0.140. The van der Waals surface area contributed by atoms with E-state index in [0.29, 0.717) is 13.2 Å². The van der Waals surface area contributed by atoms with Crippen LogP contribution in [0.1, 0.15) is 0 Å². The Morgan fingerprint density at radius 1 is 1.81 bits per heavy atom. The highest BCUT2D eigenvalue weighted by molar-refractivity contribution is 5.11. The minimum Gasteiger partial charge on any atom is -0.443 e. The van der Waals surface area contributed by atoms with Crippen molar-refractivity contribution in [2.24, 2.45) is 0 Å². The summed E-state index contributed by atoms with van der Waals surface area (Å²) < 4.78 is 11.7. The third kappa shape index (κ3) is 1.94. The molecule has 8 nitrogen and oxygen atoms in total. The summed E-state index contributed by atoms with van der Waals surface area (Å²) in [7, 11) is 0. The molecule has 0 N–H and O–H groups in total. The molecule has 16 heavy (non-hydrogen) atoms. The van der Waals surface area contributed by atoms with Gasteiger partial charge in [-0.25, -0.2) is 0 Å². The summed E-state index contributed by atoms with van der Waals surface area (Å²) >= 11 is 0. The van der Waals surface area contributed by atoms with Crippen LogP contribution in [-0.4, -0.2) is 39.0 Å². The fraction of sp³-hybridized carbons (Fsp3) is 0.500. The fourth-order valence-corrected chi connectivity index (χ4v) is 1.32. The molecule has 0 bridgehead atoms. The Kier molecular flexibility index (Phi) is 2.70. The zero-order valence-electron chi connectivity index (χ0n) is 8.20. The molecule has 1 unspecified atom stereocenters. The Bertz CT molecular complexity index is 426. The predicted molar refractivity (Wildman–Crippen MR) is 50.7 cm³/mol. The van der Waals surface area contributed by atoms with Crippen LogP contribution in [0, 0.1) is 22.5 Å². The van der Waals surface area contributed by atoms with E-state index in [1.165, 1.54) is 4.68 Å². The van der Waals surface area contributed by atoms with Crippen molar-refractivity contribution in [1.82, 2.24) is 14.8 Å². The summed E-state index contributed by atoms with van der Waals surface area (Å²) in [6, 6.07) is 0.140. The van der Waals surface area contributed by atoms with Crippen LogP contribution in [0.3, 0.4) is 0 Å². The molecule has 1 aromatic heterocycles. The molecule has 1 atom stereocenters. The van der Waals surface area contributed by atoms with Gasteiger partial charge in [-0.05, 0) is 9.91 Å². The molecule has 2 heterocycles. The zero-order chi connectivity index (χ0) is 11.5. The quantitative estimate of drug-likeness (QED) is 0.299. The topological polar surface area (TPSA) is 92.3 Å². The van der Waals surface area contributed by atoms with Crippen molar-refractivity contribution in [3.8, 4) is 18.4 Å². The molecule has 84 valence electrons. The van der Waals surface area contributed by atoms with Gasteiger partial charge in [-0.3, -0.25) is 0 Å². The summed E-state index contributed by atoms with van der Waals surface area (Å²) in [5.74, 6) is 1.87. The van der Waals surface area contributed by atoms with E-state index in [0.717, 1.165) is 0 Å². The number of hydrogen-bond acceptors (Lipinski definition) is 6. The summed E-state index contributed by atoms with van der Waals surface area (Å²) in [4.78, 5) is 13.3. The van der Waals surface area contributed by atoms with Gasteiger partial charge in [0.1, 0.15) is 19.3 Å². The van der Waals surface area contributed by atoms with Crippen molar-refractivity contribution >= 4 is 5.95 Å². The van der Waals surface area contributed by atoms with Crippen molar-refractivity contribution in [3.63, 3.8) is 0 Å². The molecule has 1 aliphatic heterocycles. The van der Waals surface area contributed by atoms with Gasteiger partial charge in [0.05, 0.1) is 6.61 Å². The first kappa shape index (κ1) is 10.4. The number of aromatic nitrogens is 3. The average molecular weight is 224 g/mol. The molecule has 0 aliphatic carbocycles. The first-order valence-electron chi connectivity index (χ1n) is 4.48. The maximum absolute atomic E-state index is 10.4. The van der Waals surface area contributed by atoms with Gasteiger partial charge in [0.15, 0.2) is 0 Å². The lowest BCUT2D eigenvalue weighted by Gasteiger charge is -2.06. The van der Waals surface area contributed by atoms with Crippen LogP contribution in [0.25, 0.3) is 0 Å². The number of ether oxygens (including phenoxy) is 2. The molecule has 0 saturated heterocycles. The van der Waals surface area contributed by atoms with Crippen LogP contribution < -0.4 is 4.74 Å². The Labute approximate surface area is 90.3 Å². The lowest BCUT2D eigenvalue weighted by Crippen LogP contribution is -2.22. The molecular weight excluding hydrogens is 216 g/mol. The van der Waals surface area contributed by atoms with E-state index in [1.54, 1.807) is 0 Å². The zero-order valence-corrected chi connectivity index (χ0v) is 8.20. The standard InChI is InChI=1S/C8H8N4O4/c1-2-3-15-5-6-4-11-8(16-6)9-7(10-11)12(13)14/h1,6H,3-5H2. The monoisotopic (exact) mass is 224 g/mol. The van der Waals surface area contributed by atoms with Crippen LogP contribution in [0.4, 0.5) is 5.95 Å². The molecular formula is C8H8N4O4. The van der Waals surface area contributed by atoms with E-state index < -0.39 is 10.9 Å². The number of fused-ring (bicyclic) bond motifs is 1.